The van der Waals surface area contributed by atoms with Crippen molar-refractivity contribution in [2.24, 2.45) is 5.73 Å². The summed E-state index contributed by atoms with van der Waals surface area (Å²) < 4.78 is 27.2. The van der Waals surface area contributed by atoms with Gasteiger partial charge in [0.25, 0.3) is 10.0 Å². The topological polar surface area (TPSA) is 63.4 Å². The molecule has 2 aromatic rings. The average molecular weight is 308 g/mol. The molecule has 106 valence electrons. The van der Waals surface area contributed by atoms with Crippen molar-refractivity contribution < 1.29 is 8.42 Å². The van der Waals surface area contributed by atoms with Crippen molar-refractivity contribution in [2.45, 2.75) is 30.8 Å². The first kappa shape index (κ1) is 13.6. The van der Waals surface area contributed by atoms with E-state index in [-0.39, 0.29) is 6.04 Å². The van der Waals surface area contributed by atoms with Crippen molar-refractivity contribution in [2.75, 3.05) is 4.31 Å². The number of nitrogens with zero attached hydrogens (tertiary/aromatic N) is 1. The van der Waals surface area contributed by atoms with Gasteiger partial charge in [-0.15, -0.1) is 11.3 Å². The minimum atomic E-state index is -3.50. The van der Waals surface area contributed by atoms with Crippen LogP contribution in [0.15, 0.2) is 40.6 Å². The molecule has 0 aliphatic carbocycles. The molecule has 0 saturated carbocycles. The number of thiophene rings is 1. The Morgan fingerprint density at radius 2 is 2.15 bits per heavy atom. The highest BCUT2D eigenvalue weighted by Crippen LogP contribution is 2.37. The minimum Gasteiger partial charge on any atom is -0.326 e. The lowest BCUT2D eigenvalue weighted by atomic mass is 10.1. The normalized spacial score (nSPS) is 18.3. The van der Waals surface area contributed by atoms with Gasteiger partial charge in [0.05, 0.1) is 10.6 Å². The highest BCUT2D eigenvalue weighted by Gasteiger charge is 2.36. The smallest absolute Gasteiger partial charge is 0.265 e. The SMILES string of the molecule is CC1Cc2ccccc2N1S(=O)(=O)c1csc(CN)c1. The van der Waals surface area contributed by atoms with Gasteiger partial charge in [-0.3, -0.25) is 4.31 Å². The van der Waals surface area contributed by atoms with Crippen LogP contribution in [-0.4, -0.2) is 14.5 Å². The molecular weight excluding hydrogens is 292 g/mol. The first-order valence-corrected chi connectivity index (χ1v) is 8.76. The van der Waals surface area contributed by atoms with E-state index in [4.69, 9.17) is 5.73 Å². The van der Waals surface area contributed by atoms with Gasteiger partial charge >= 0.3 is 0 Å². The second kappa shape index (κ2) is 4.87. The zero-order valence-corrected chi connectivity index (χ0v) is 12.7. The lowest BCUT2D eigenvalue weighted by molar-refractivity contribution is 0.584. The number of sulfonamides is 1. The molecule has 1 unspecified atom stereocenters. The maximum Gasteiger partial charge on any atom is 0.265 e. The molecule has 0 fully saturated rings. The van der Waals surface area contributed by atoms with Gasteiger partial charge in [-0.05, 0) is 31.0 Å². The van der Waals surface area contributed by atoms with E-state index in [2.05, 4.69) is 0 Å². The first-order valence-electron chi connectivity index (χ1n) is 6.44. The van der Waals surface area contributed by atoms with Gasteiger partial charge in [0.2, 0.25) is 0 Å². The molecule has 4 nitrogen and oxygen atoms in total. The Balaban J connectivity index is 2.07. The quantitative estimate of drug-likeness (QED) is 0.946. The third kappa shape index (κ3) is 2.04. The van der Waals surface area contributed by atoms with Crippen LogP contribution in [0.25, 0.3) is 0 Å². The van der Waals surface area contributed by atoms with Crippen LogP contribution in [0.3, 0.4) is 0 Å². The summed E-state index contributed by atoms with van der Waals surface area (Å²) in [5.41, 5.74) is 7.44. The molecule has 1 aliphatic heterocycles. The lowest BCUT2D eigenvalue weighted by Gasteiger charge is -2.23. The molecule has 0 amide bonds. The van der Waals surface area contributed by atoms with Gasteiger partial charge in [0.15, 0.2) is 0 Å². The van der Waals surface area contributed by atoms with Crippen molar-refractivity contribution in [3.63, 3.8) is 0 Å². The third-order valence-electron chi connectivity index (χ3n) is 3.53. The maximum atomic E-state index is 12.8. The Kier molecular flexibility index (Phi) is 3.32. The van der Waals surface area contributed by atoms with Gasteiger partial charge in [0, 0.05) is 22.8 Å². The maximum absolute atomic E-state index is 12.8. The fraction of sp³-hybridized carbons (Fsp3) is 0.286. The molecule has 2 heterocycles. The number of fused-ring (bicyclic) bond motifs is 1. The molecule has 2 N–H and O–H groups in total. The second-order valence-corrected chi connectivity index (χ2v) is 7.75. The zero-order chi connectivity index (χ0) is 14.3. The monoisotopic (exact) mass is 308 g/mol. The van der Waals surface area contributed by atoms with E-state index in [1.54, 1.807) is 11.4 Å². The zero-order valence-electron chi connectivity index (χ0n) is 11.1. The predicted molar refractivity (Wildman–Crippen MR) is 81.5 cm³/mol. The molecule has 6 heteroatoms. The van der Waals surface area contributed by atoms with E-state index < -0.39 is 10.0 Å². The van der Waals surface area contributed by atoms with Crippen LogP contribution < -0.4 is 10.0 Å². The molecule has 3 rings (SSSR count). The Bertz CT molecular complexity index is 737. The van der Waals surface area contributed by atoms with Crippen LogP contribution in [0.4, 0.5) is 5.69 Å². The molecule has 1 atom stereocenters. The summed E-state index contributed by atoms with van der Waals surface area (Å²) in [4.78, 5) is 1.22. The van der Waals surface area contributed by atoms with Crippen LogP contribution in [0.2, 0.25) is 0 Å². The average Bonchev–Trinajstić information content (AvgIpc) is 3.01. The summed E-state index contributed by atoms with van der Waals surface area (Å²) in [6.45, 7) is 2.31. The number of anilines is 1. The Morgan fingerprint density at radius 1 is 1.40 bits per heavy atom. The number of hydrogen-bond donors (Lipinski definition) is 1. The van der Waals surface area contributed by atoms with Crippen LogP contribution in [0, 0.1) is 0 Å². The van der Waals surface area contributed by atoms with Crippen LogP contribution in [0.5, 0.6) is 0 Å². The Morgan fingerprint density at radius 3 is 2.85 bits per heavy atom. The van der Waals surface area contributed by atoms with Crippen molar-refractivity contribution >= 4 is 27.0 Å². The molecule has 0 radical (unpaired) electrons. The number of para-hydroxylation sites is 1. The standard InChI is InChI=1S/C14H16N2O2S2/c1-10-6-11-4-2-3-5-14(11)16(10)20(17,18)13-7-12(8-15)19-9-13/h2-5,7,9-10H,6,8,15H2,1H3. The molecule has 1 aromatic heterocycles. The van der Waals surface area contributed by atoms with E-state index >= 15 is 0 Å². The molecule has 1 aromatic carbocycles. The molecule has 0 spiro atoms. The van der Waals surface area contributed by atoms with Gasteiger partial charge < -0.3 is 5.73 Å². The summed E-state index contributed by atoms with van der Waals surface area (Å²) in [7, 11) is -3.50. The summed E-state index contributed by atoms with van der Waals surface area (Å²) in [5.74, 6) is 0. The van der Waals surface area contributed by atoms with E-state index in [1.165, 1.54) is 15.6 Å². The number of rotatable bonds is 3. The van der Waals surface area contributed by atoms with Crippen molar-refractivity contribution in [1.82, 2.24) is 0 Å². The summed E-state index contributed by atoms with van der Waals surface area (Å²) in [6.07, 6.45) is 0.753. The van der Waals surface area contributed by atoms with Crippen LogP contribution in [-0.2, 0) is 23.0 Å². The Labute approximate surface area is 122 Å². The predicted octanol–water partition coefficient (Wildman–Crippen LogP) is 2.35. The summed E-state index contributed by atoms with van der Waals surface area (Å²) in [5, 5.41) is 1.67. The van der Waals surface area contributed by atoms with E-state index in [9.17, 15) is 8.42 Å². The molecule has 0 bridgehead atoms. The third-order valence-corrected chi connectivity index (χ3v) is 6.55. The number of hydrogen-bond acceptors (Lipinski definition) is 4. The van der Waals surface area contributed by atoms with E-state index in [0.717, 1.165) is 22.5 Å². The van der Waals surface area contributed by atoms with E-state index in [1.807, 2.05) is 31.2 Å². The van der Waals surface area contributed by atoms with Gasteiger partial charge in [-0.2, -0.15) is 0 Å². The van der Waals surface area contributed by atoms with Crippen molar-refractivity contribution in [3.8, 4) is 0 Å². The lowest BCUT2D eigenvalue weighted by Crippen LogP contribution is -2.35. The van der Waals surface area contributed by atoms with Gasteiger partial charge in [-0.1, -0.05) is 18.2 Å². The largest absolute Gasteiger partial charge is 0.326 e. The molecule has 20 heavy (non-hydrogen) atoms. The minimum absolute atomic E-state index is 0.0568. The molecule has 0 saturated heterocycles. The number of benzene rings is 1. The van der Waals surface area contributed by atoms with Crippen molar-refractivity contribution in [1.29, 1.82) is 0 Å². The first-order chi connectivity index (χ1) is 9.54. The summed E-state index contributed by atoms with van der Waals surface area (Å²) >= 11 is 1.39. The molecular formula is C14H16N2O2S2. The van der Waals surface area contributed by atoms with Crippen molar-refractivity contribution in [3.05, 3.63) is 46.2 Å². The van der Waals surface area contributed by atoms with Crippen LogP contribution in [0.1, 0.15) is 17.4 Å². The van der Waals surface area contributed by atoms with Gasteiger partial charge in [-0.25, -0.2) is 8.42 Å². The fourth-order valence-corrected chi connectivity index (χ4v) is 5.46. The highest BCUT2D eigenvalue weighted by atomic mass is 32.2. The van der Waals surface area contributed by atoms with Gasteiger partial charge in [0.1, 0.15) is 0 Å². The highest BCUT2D eigenvalue weighted by molar-refractivity contribution is 7.93. The number of nitrogens with two attached hydrogens (primary N) is 1. The van der Waals surface area contributed by atoms with E-state index in [0.29, 0.717) is 11.4 Å². The Hall–Kier alpha value is -1.37. The summed E-state index contributed by atoms with van der Waals surface area (Å²) in [6, 6.07) is 9.29. The molecule has 1 aliphatic rings. The second-order valence-electron chi connectivity index (χ2n) is 4.94. The van der Waals surface area contributed by atoms with Crippen LogP contribution >= 0.6 is 11.3 Å². The fourth-order valence-electron chi connectivity index (χ4n) is 2.62.